The first kappa shape index (κ1) is 22.6. The van der Waals surface area contributed by atoms with Gasteiger partial charge in [0.15, 0.2) is 5.78 Å². The van der Waals surface area contributed by atoms with Crippen molar-refractivity contribution in [2.24, 2.45) is 0 Å². The van der Waals surface area contributed by atoms with Crippen LogP contribution in [0.4, 0.5) is 0 Å². The molecule has 1 saturated heterocycles. The first-order valence-corrected chi connectivity index (χ1v) is 11.8. The van der Waals surface area contributed by atoms with Gasteiger partial charge in [-0.25, -0.2) is 0 Å². The molecule has 0 aromatic heterocycles. The Bertz CT molecular complexity index is 996. The SMILES string of the molecule is CC(c1ccc(Cl)cc1)C(C(=O)c1ccc(OCCN2CCCC2)cc1)c1ccccc1. The number of halogens is 1. The number of hydrogen-bond acceptors (Lipinski definition) is 3. The minimum Gasteiger partial charge on any atom is -0.492 e. The van der Waals surface area contributed by atoms with E-state index in [2.05, 4.69) is 11.8 Å². The molecule has 32 heavy (non-hydrogen) atoms. The maximum Gasteiger partial charge on any atom is 0.170 e. The Hall–Kier alpha value is -2.62. The molecule has 2 unspecified atom stereocenters. The highest BCUT2D eigenvalue weighted by atomic mass is 35.5. The Morgan fingerprint density at radius 3 is 2.22 bits per heavy atom. The molecule has 1 fully saturated rings. The van der Waals surface area contributed by atoms with Crippen molar-refractivity contribution in [3.63, 3.8) is 0 Å². The highest BCUT2D eigenvalue weighted by molar-refractivity contribution is 6.30. The lowest BCUT2D eigenvalue weighted by molar-refractivity contribution is 0.0949. The molecular formula is C28H30ClNO2. The van der Waals surface area contributed by atoms with Crippen LogP contribution in [-0.2, 0) is 0 Å². The van der Waals surface area contributed by atoms with Gasteiger partial charge in [-0.05, 0) is 79.4 Å². The lowest BCUT2D eigenvalue weighted by atomic mass is 9.78. The minimum absolute atomic E-state index is 0.0126. The van der Waals surface area contributed by atoms with Crippen LogP contribution >= 0.6 is 11.6 Å². The van der Waals surface area contributed by atoms with Crippen LogP contribution in [0.15, 0.2) is 78.9 Å². The van der Waals surface area contributed by atoms with Crippen molar-refractivity contribution in [3.05, 3.63) is 101 Å². The van der Waals surface area contributed by atoms with E-state index in [0.29, 0.717) is 17.2 Å². The summed E-state index contributed by atoms with van der Waals surface area (Å²) in [6.45, 7) is 6.07. The fourth-order valence-electron chi connectivity index (χ4n) is 4.48. The Labute approximate surface area is 196 Å². The zero-order valence-corrected chi connectivity index (χ0v) is 19.3. The largest absolute Gasteiger partial charge is 0.492 e. The van der Waals surface area contributed by atoms with Crippen LogP contribution in [0.1, 0.15) is 53.1 Å². The molecular weight excluding hydrogens is 418 g/mol. The molecule has 2 atom stereocenters. The van der Waals surface area contributed by atoms with Gasteiger partial charge in [-0.15, -0.1) is 0 Å². The quantitative estimate of drug-likeness (QED) is 0.347. The molecule has 0 bridgehead atoms. The number of rotatable bonds is 9. The summed E-state index contributed by atoms with van der Waals surface area (Å²) in [7, 11) is 0. The zero-order chi connectivity index (χ0) is 22.3. The topological polar surface area (TPSA) is 29.5 Å². The Balaban J connectivity index is 1.49. The van der Waals surface area contributed by atoms with Crippen LogP contribution in [0, 0.1) is 0 Å². The van der Waals surface area contributed by atoms with Gasteiger partial charge in [-0.3, -0.25) is 9.69 Å². The van der Waals surface area contributed by atoms with Gasteiger partial charge in [0.2, 0.25) is 0 Å². The zero-order valence-electron chi connectivity index (χ0n) is 18.5. The predicted octanol–water partition coefficient (Wildman–Crippen LogP) is 6.58. The Kier molecular flexibility index (Phi) is 7.62. The van der Waals surface area contributed by atoms with E-state index in [1.165, 1.54) is 25.9 Å². The summed E-state index contributed by atoms with van der Waals surface area (Å²) < 4.78 is 5.91. The average molecular weight is 448 g/mol. The van der Waals surface area contributed by atoms with E-state index in [1.807, 2.05) is 78.9 Å². The van der Waals surface area contributed by atoms with Crippen LogP contribution in [0.25, 0.3) is 0 Å². The standard InChI is InChI=1S/C28H30ClNO2/c1-21(22-9-13-25(29)14-10-22)27(23-7-3-2-4-8-23)28(31)24-11-15-26(16-12-24)32-20-19-30-17-5-6-18-30/h2-4,7-16,21,27H,5-6,17-20H2,1H3. The number of carbonyl (C=O) groups is 1. The maximum absolute atomic E-state index is 13.7. The number of benzene rings is 3. The third-order valence-corrected chi connectivity index (χ3v) is 6.60. The Morgan fingerprint density at radius 1 is 0.906 bits per heavy atom. The van der Waals surface area contributed by atoms with Crippen molar-refractivity contribution in [1.82, 2.24) is 4.90 Å². The van der Waals surface area contributed by atoms with Crippen LogP contribution in [-0.4, -0.2) is 36.9 Å². The van der Waals surface area contributed by atoms with Gasteiger partial charge in [-0.1, -0.05) is 61.0 Å². The summed E-state index contributed by atoms with van der Waals surface area (Å²) in [6.07, 6.45) is 2.57. The monoisotopic (exact) mass is 447 g/mol. The minimum atomic E-state index is -0.278. The first-order chi connectivity index (χ1) is 15.6. The summed E-state index contributed by atoms with van der Waals surface area (Å²) in [5.74, 6) is 0.655. The fourth-order valence-corrected chi connectivity index (χ4v) is 4.61. The number of nitrogens with zero attached hydrogens (tertiary/aromatic N) is 1. The molecule has 4 heteroatoms. The van der Waals surface area contributed by atoms with E-state index < -0.39 is 0 Å². The normalized spacial score (nSPS) is 15.9. The van der Waals surface area contributed by atoms with Crippen LogP contribution in [0.2, 0.25) is 5.02 Å². The summed E-state index contributed by atoms with van der Waals surface area (Å²) in [5, 5.41) is 0.698. The first-order valence-electron chi connectivity index (χ1n) is 11.4. The smallest absolute Gasteiger partial charge is 0.170 e. The number of ether oxygens (including phenoxy) is 1. The molecule has 0 N–H and O–H groups in total. The molecule has 1 aliphatic rings. The molecule has 0 spiro atoms. The van der Waals surface area contributed by atoms with Crippen LogP contribution in [0.5, 0.6) is 5.75 Å². The molecule has 3 aromatic rings. The van der Waals surface area contributed by atoms with Crippen molar-refractivity contribution < 1.29 is 9.53 Å². The third kappa shape index (κ3) is 5.59. The second-order valence-corrected chi connectivity index (χ2v) is 8.95. The molecule has 0 saturated carbocycles. The summed E-state index contributed by atoms with van der Waals surface area (Å²) in [5.41, 5.74) is 2.82. The molecule has 0 radical (unpaired) electrons. The van der Waals surface area contributed by atoms with Gasteiger partial charge in [0.25, 0.3) is 0 Å². The molecule has 1 heterocycles. The van der Waals surface area contributed by atoms with Crippen molar-refractivity contribution in [1.29, 1.82) is 0 Å². The van der Waals surface area contributed by atoms with E-state index >= 15 is 0 Å². The molecule has 1 aliphatic heterocycles. The van der Waals surface area contributed by atoms with Gasteiger partial charge in [0, 0.05) is 17.1 Å². The highest BCUT2D eigenvalue weighted by Crippen LogP contribution is 2.36. The molecule has 3 nitrogen and oxygen atoms in total. The molecule has 0 amide bonds. The lowest BCUT2D eigenvalue weighted by Gasteiger charge is -2.24. The number of carbonyl (C=O) groups excluding carboxylic acids is 1. The van der Waals surface area contributed by atoms with Gasteiger partial charge in [0.1, 0.15) is 12.4 Å². The van der Waals surface area contributed by atoms with Crippen LogP contribution in [0.3, 0.4) is 0 Å². The molecule has 0 aliphatic carbocycles. The van der Waals surface area contributed by atoms with Crippen molar-refractivity contribution in [2.75, 3.05) is 26.2 Å². The van der Waals surface area contributed by atoms with Gasteiger partial charge >= 0.3 is 0 Å². The van der Waals surface area contributed by atoms with Gasteiger partial charge in [-0.2, -0.15) is 0 Å². The van der Waals surface area contributed by atoms with Gasteiger partial charge < -0.3 is 4.74 Å². The maximum atomic E-state index is 13.7. The second-order valence-electron chi connectivity index (χ2n) is 8.51. The highest BCUT2D eigenvalue weighted by Gasteiger charge is 2.29. The lowest BCUT2D eigenvalue weighted by Crippen LogP contribution is -2.25. The molecule has 166 valence electrons. The summed E-state index contributed by atoms with van der Waals surface area (Å²) in [6, 6.07) is 25.4. The van der Waals surface area contributed by atoms with E-state index in [9.17, 15) is 4.79 Å². The third-order valence-electron chi connectivity index (χ3n) is 6.35. The van der Waals surface area contributed by atoms with Crippen molar-refractivity contribution in [3.8, 4) is 5.75 Å². The second kappa shape index (κ2) is 10.8. The van der Waals surface area contributed by atoms with Crippen molar-refractivity contribution in [2.45, 2.75) is 31.6 Å². The van der Waals surface area contributed by atoms with E-state index in [0.717, 1.165) is 23.4 Å². The number of Topliss-reactive ketones (excluding diaryl/α,β-unsaturated/α-hetero) is 1. The summed E-state index contributed by atoms with van der Waals surface area (Å²) in [4.78, 5) is 16.1. The molecule has 3 aromatic carbocycles. The Morgan fingerprint density at radius 2 is 1.56 bits per heavy atom. The van der Waals surface area contributed by atoms with Crippen molar-refractivity contribution >= 4 is 17.4 Å². The molecule has 4 rings (SSSR count). The van der Waals surface area contributed by atoms with E-state index in [4.69, 9.17) is 16.3 Å². The van der Waals surface area contributed by atoms with E-state index in [1.54, 1.807) is 0 Å². The fraction of sp³-hybridized carbons (Fsp3) is 0.321. The average Bonchev–Trinajstić information content (AvgIpc) is 3.34. The number of likely N-dealkylation sites (tertiary alicyclic amines) is 1. The van der Waals surface area contributed by atoms with Crippen LogP contribution < -0.4 is 4.74 Å². The number of ketones is 1. The van der Waals surface area contributed by atoms with Gasteiger partial charge in [0.05, 0.1) is 5.92 Å². The number of hydrogen-bond donors (Lipinski definition) is 0. The predicted molar refractivity (Wildman–Crippen MR) is 131 cm³/mol. The summed E-state index contributed by atoms with van der Waals surface area (Å²) >= 11 is 6.08. The van der Waals surface area contributed by atoms with E-state index in [-0.39, 0.29) is 17.6 Å².